The molecule has 1 aromatic carbocycles. The Hall–Kier alpha value is -2.32. The first-order chi connectivity index (χ1) is 13.3. The fraction of sp³-hybridized carbons (Fsp3) is 0.450. The second-order valence-electron chi connectivity index (χ2n) is 7.19. The molecule has 3 rings (SSSR count). The molecule has 1 aromatic heterocycles. The maximum Gasteiger partial charge on any atom is 0.272 e. The molecule has 2 aromatic rings. The second-order valence-corrected chi connectivity index (χ2v) is 9.13. The van der Waals surface area contributed by atoms with E-state index in [0.29, 0.717) is 31.3 Å². The van der Waals surface area contributed by atoms with E-state index in [9.17, 15) is 13.2 Å². The number of hydrogen-bond acceptors (Lipinski definition) is 4. The SMILES string of the molecule is CCOc1ccc(NC(=O)c2cc(S(=O)(=O)N3CCCC(C)C3)cn2C)cc1. The predicted octanol–water partition coefficient (Wildman–Crippen LogP) is 3.10. The van der Waals surface area contributed by atoms with E-state index in [1.54, 1.807) is 35.9 Å². The number of benzene rings is 1. The standard InChI is InChI=1S/C20H27N3O4S/c1-4-27-17-9-7-16(8-10-17)21-20(24)19-12-18(14-22(19)3)28(25,26)23-11-5-6-15(2)13-23/h7-10,12,14-15H,4-6,11,13H2,1-3H3,(H,21,24). The Labute approximate surface area is 166 Å². The summed E-state index contributed by atoms with van der Waals surface area (Å²) in [7, 11) is -1.93. The smallest absolute Gasteiger partial charge is 0.272 e. The molecule has 1 amide bonds. The fourth-order valence-corrected chi connectivity index (χ4v) is 5.08. The van der Waals surface area contributed by atoms with Crippen molar-refractivity contribution in [1.82, 2.24) is 8.87 Å². The van der Waals surface area contributed by atoms with Crippen LogP contribution in [-0.2, 0) is 17.1 Å². The van der Waals surface area contributed by atoms with Gasteiger partial charge in [-0.05, 0) is 56.0 Å². The van der Waals surface area contributed by atoms with E-state index >= 15 is 0 Å². The molecule has 1 atom stereocenters. The maximum absolute atomic E-state index is 12.9. The predicted molar refractivity (Wildman–Crippen MR) is 108 cm³/mol. The lowest BCUT2D eigenvalue weighted by atomic mass is 10.0. The quantitative estimate of drug-likeness (QED) is 0.801. The monoisotopic (exact) mass is 405 g/mol. The number of carbonyl (C=O) groups excluding carboxylic acids is 1. The summed E-state index contributed by atoms with van der Waals surface area (Å²) < 4.78 is 34.3. The van der Waals surface area contributed by atoms with Crippen molar-refractivity contribution in [2.24, 2.45) is 13.0 Å². The van der Waals surface area contributed by atoms with Crippen molar-refractivity contribution < 1.29 is 17.9 Å². The van der Waals surface area contributed by atoms with Crippen LogP contribution in [0.15, 0.2) is 41.4 Å². The minimum atomic E-state index is -3.60. The zero-order valence-corrected chi connectivity index (χ0v) is 17.3. The molecule has 8 heteroatoms. The molecule has 1 saturated heterocycles. The highest BCUT2D eigenvalue weighted by Gasteiger charge is 2.30. The maximum atomic E-state index is 12.9. The van der Waals surface area contributed by atoms with Crippen molar-refractivity contribution in [2.75, 3.05) is 25.0 Å². The van der Waals surface area contributed by atoms with Gasteiger partial charge in [-0.2, -0.15) is 4.31 Å². The first-order valence-corrected chi connectivity index (χ1v) is 11.0. The lowest BCUT2D eigenvalue weighted by Gasteiger charge is -2.29. The number of aryl methyl sites for hydroxylation is 1. The highest BCUT2D eigenvalue weighted by atomic mass is 32.2. The van der Waals surface area contributed by atoms with Gasteiger partial charge >= 0.3 is 0 Å². The van der Waals surface area contributed by atoms with Crippen LogP contribution in [0.3, 0.4) is 0 Å². The largest absolute Gasteiger partial charge is 0.494 e. The molecule has 0 saturated carbocycles. The third-order valence-corrected chi connectivity index (χ3v) is 6.72. The lowest BCUT2D eigenvalue weighted by Crippen LogP contribution is -2.38. The molecule has 152 valence electrons. The van der Waals surface area contributed by atoms with Crippen molar-refractivity contribution in [2.45, 2.75) is 31.6 Å². The zero-order chi connectivity index (χ0) is 20.3. The number of nitrogens with zero attached hydrogens (tertiary/aromatic N) is 2. The van der Waals surface area contributed by atoms with Crippen LogP contribution in [0, 0.1) is 5.92 Å². The van der Waals surface area contributed by atoms with E-state index in [1.807, 2.05) is 6.92 Å². The van der Waals surface area contributed by atoms with Gasteiger partial charge in [-0.25, -0.2) is 8.42 Å². The van der Waals surface area contributed by atoms with Crippen LogP contribution >= 0.6 is 0 Å². The molecule has 0 radical (unpaired) electrons. The van der Waals surface area contributed by atoms with Gasteiger partial charge in [0.25, 0.3) is 5.91 Å². The van der Waals surface area contributed by atoms with Crippen molar-refractivity contribution in [1.29, 1.82) is 0 Å². The first kappa shape index (κ1) is 20.4. The minimum Gasteiger partial charge on any atom is -0.494 e. The third kappa shape index (κ3) is 4.39. The van der Waals surface area contributed by atoms with Gasteiger partial charge in [0.15, 0.2) is 0 Å². The summed E-state index contributed by atoms with van der Waals surface area (Å²) in [4.78, 5) is 12.8. The molecule has 28 heavy (non-hydrogen) atoms. The molecule has 0 bridgehead atoms. The Morgan fingerprint density at radius 2 is 2.00 bits per heavy atom. The zero-order valence-electron chi connectivity index (χ0n) is 16.5. The molecule has 2 heterocycles. The van der Waals surface area contributed by atoms with Gasteiger partial charge in [-0.15, -0.1) is 0 Å². The second kappa shape index (κ2) is 8.36. The van der Waals surface area contributed by atoms with Crippen molar-refractivity contribution >= 4 is 21.6 Å². The molecule has 1 N–H and O–H groups in total. The summed E-state index contributed by atoms with van der Waals surface area (Å²) >= 11 is 0. The number of carbonyl (C=O) groups is 1. The average Bonchev–Trinajstić information content (AvgIpc) is 3.06. The summed E-state index contributed by atoms with van der Waals surface area (Å²) in [5.74, 6) is 0.707. The normalized spacial score (nSPS) is 18.0. The summed E-state index contributed by atoms with van der Waals surface area (Å²) in [5.41, 5.74) is 0.904. The number of piperidine rings is 1. The van der Waals surface area contributed by atoms with Gasteiger partial charge in [0.05, 0.1) is 6.61 Å². The Morgan fingerprint density at radius 3 is 2.64 bits per heavy atom. The number of aromatic nitrogens is 1. The molecular formula is C20H27N3O4S. The van der Waals surface area contributed by atoms with Crippen LogP contribution < -0.4 is 10.1 Å². The van der Waals surface area contributed by atoms with E-state index in [4.69, 9.17) is 4.74 Å². The van der Waals surface area contributed by atoms with Gasteiger partial charge in [0, 0.05) is 32.0 Å². The lowest BCUT2D eigenvalue weighted by molar-refractivity contribution is 0.101. The van der Waals surface area contributed by atoms with E-state index < -0.39 is 10.0 Å². The van der Waals surface area contributed by atoms with Crippen LogP contribution in [-0.4, -0.2) is 42.9 Å². The Kier molecular flexibility index (Phi) is 6.10. The fourth-order valence-electron chi connectivity index (χ4n) is 3.41. The number of rotatable bonds is 6. The van der Waals surface area contributed by atoms with Crippen LogP contribution in [0.4, 0.5) is 5.69 Å². The van der Waals surface area contributed by atoms with Crippen molar-refractivity contribution in [3.63, 3.8) is 0 Å². The molecule has 1 aliphatic rings. The van der Waals surface area contributed by atoms with Crippen molar-refractivity contribution in [3.05, 3.63) is 42.2 Å². The Morgan fingerprint density at radius 1 is 1.29 bits per heavy atom. The molecule has 1 aliphatic heterocycles. The van der Waals surface area contributed by atoms with Crippen LogP contribution in [0.25, 0.3) is 0 Å². The van der Waals surface area contributed by atoms with E-state index in [2.05, 4.69) is 12.2 Å². The number of nitrogens with one attached hydrogen (secondary N) is 1. The first-order valence-electron chi connectivity index (χ1n) is 9.52. The molecule has 0 spiro atoms. The van der Waals surface area contributed by atoms with Gasteiger partial charge in [0.1, 0.15) is 16.3 Å². The summed E-state index contributed by atoms with van der Waals surface area (Å²) in [6, 6.07) is 8.49. The molecule has 1 unspecified atom stereocenters. The highest BCUT2D eigenvalue weighted by molar-refractivity contribution is 7.89. The number of hydrogen-bond donors (Lipinski definition) is 1. The Balaban J connectivity index is 1.76. The van der Waals surface area contributed by atoms with Gasteiger partial charge < -0.3 is 14.6 Å². The number of anilines is 1. The molecule has 7 nitrogen and oxygen atoms in total. The van der Waals surface area contributed by atoms with Crippen LogP contribution in [0.5, 0.6) is 5.75 Å². The van der Waals surface area contributed by atoms with Crippen LogP contribution in [0.1, 0.15) is 37.2 Å². The number of amides is 1. The van der Waals surface area contributed by atoms with E-state index in [0.717, 1.165) is 18.6 Å². The number of ether oxygens (including phenoxy) is 1. The average molecular weight is 406 g/mol. The Bertz CT molecular complexity index is 935. The third-order valence-electron chi connectivity index (χ3n) is 4.89. The number of sulfonamides is 1. The van der Waals surface area contributed by atoms with Gasteiger partial charge in [-0.1, -0.05) is 6.92 Å². The van der Waals surface area contributed by atoms with Gasteiger partial charge in [0.2, 0.25) is 10.0 Å². The summed E-state index contributed by atoms with van der Waals surface area (Å²) in [5, 5.41) is 2.80. The highest BCUT2D eigenvalue weighted by Crippen LogP contribution is 2.25. The topological polar surface area (TPSA) is 80.6 Å². The molecular weight excluding hydrogens is 378 g/mol. The minimum absolute atomic E-state index is 0.154. The van der Waals surface area contributed by atoms with Gasteiger partial charge in [-0.3, -0.25) is 4.79 Å². The van der Waals surface area contributed by atoms with E-state index in [-0.39, 0.29) is 16.5 Å². The summed E-state index contributed by atoms with van der Waals surface area (Å²) in [6.45, 7) is 5.58. The summed E-state index contributed by atoms with van der Waals surface area (Å²) in [6.07, 6.45) is 3.40. The molecule has 1 fully saturated rings. The molecule has 0 aliphatic carbocycles. The van der Waals surface area contributed by atoms with Crippen molar-refractivity contribution in [3.8, 4) is 5.75 Å². The van der Waals surface area contributed by atoms with E-state index in [1.165, 1.54) is 16.6 Å². The van der Waals surface area contributed by atoms with Crippen LogP contribution in [0.2, 0.25) is 0 Å².